The van der Waals surface area contributed by atoms with E-state index in [1.165, 1.54) is 5.56 Å². The van der Waals surface area contributed by atoms with Crippen molar-refractivity contribution in [3.8, 4) is 5.75 Å². The number of aromatic hydroxyl groups is 1. The lowest BCUT2D eigenvalue weighted by Crippen LogP contribution is -2.06. The van der Waals surface area contributed by atoms with E-state index in [4.69, 9.17) is 5.73 Å². The van der Waals surface area contributed by atoms with Crippen molar-refractivity contribution >= 4 is 0 Å². The zero-order valence-electron chi connectivity index (χ0n) is 9.83. The molecule has 2 atom stereocenters. The molecule has 15 heavy (non-hydrogen) atoms. The highest BCUT2D eigenvalue weighted by Gasteiger charge is 2.56. The maximum absolute atomic E-state index is 9.70. The fraction of sp³-hybridized carbons (Fsp3) is 0.538. The molecule has 1 aromatic rings. The number of nitrogens with two attached hydrogens (primary N) is 1. The Balaban J connectivity index is 2.40. The van der Waals surface area contributed by atoms with Crippen LogP contribution in [-0.2, 0) is 0 Å². The minimum atomic E-state index is 0.204. The van der Waals surface area contributed by atoms with Crippen LogP contribution in [0, 0.1) is 19.3 Å². The minimum Gasteiger partial charge on any atom is -0.507 e. The van der Waals surface area contributed by atoms with Gasteiger partial charge in [0.2, 0.25) is 0 Å². The fourth-order valence-electron chi connectivity index (χ4n) is 2.48. The molecule has 0 heterocycles. The fourth-order valence-corrected chi connectivity index (χ4v) is 2.48. The number of benzene rings is 1. The van der Waals surface area contributed by atoms with Crippen molar-refractivity contribution < 1.29 is 5.11 Å². The summed E-state index contributed by atoms with van der Waals surface area (Å²) >= 11 is 0. The predicted octanol–water partition coefficient (Wildman–Crippen LogP) is 2.46. The molecule has 0 amide bonds. The zero-order valence-corrected chi connectivity index (χ0v) is 9.83. The molecule has 1 aromatic carbocycles. The number of hydrogen-bond acceptors (Lipinski definition) is 2. The van der Waals surface area contributed by atoms with E-state index in [9.17, 15) is 5.11 Å². The van der Waals surface area contributed by atoms with Crippen LogP contribution in [0.2, 0.25) is 0 Å². The molecule has 0 saturated heterocycles. The van der Waals surface area contributed by atoms with E-state index < -0.39 is 0 Å². The topological polar surface area (TPSA) is 46.2 Å². The van der Waals surface area contributed by atoms with E-state index in [0.717, 1.165) is 11.1 Å². The maximum Gasteiger partial charge on any atom is 0.121 e. The van der Waals surface area contributed by atoms with Gasteiger partial charge in [0.05, 0.1) is 0 Å². The highest BCUT2D eigenvalue weighted by atomic mass is 16.3. The number of phenolic OH excluding ortho intramolecular Hbond substituents is 1. The van der Waals surface area contributed by atoms with Gasteiger partial charge in [-0.3, -0.25) is 0 Å². The molecule has 1 saturated carbocycles. The Bertz CT molecular complexity index is 386. The van der Waals surface area contributed by atoms with Gasteiger partial charge in [-0.2, -0.15) is 0 Å². The molecular formula is C13H19NO. The molecule has 1 fully saturated rings. The molecule has 1 aliphatic carbocycles. The van der Waals surface area contributed by atoms with Gasteiger partial charge in [0, 0.05) is 12.0 Å². The zero-order chi connectivity index (χ0) is 11.4. The van der Waals surface area contributed by atoms with Crippen LogP contribution in [0.15, 0.2) is 12.1 Å². The molecular weight excluding hydrogens is 186 g/mol. The van der Waals surface area contributed by atoms with Crippen molar-refractivity contribution in [3.63, 3.8) is 0 Å². The summed E-state index contributed by atoms with van der Waals surface area (Å²) in [5, 5.41) is 9.70. The Morgan fingerprint density at radius 3 is 1.93 bits per heavy atom. The second-order valence-corrected chi connectivity index (χ2v) is 5.33. The average molecular weight is 205 g/mol. The minimum absolute atomic E-state index is 0.204. The second kappa shape index (κ2) is 2.99. The summed E-state index contributed by atoms with van der Waals surface area (Å²) in [7, 11) is 0. The third-order valence-corrected chi connectivity index (χ3v) is 3.78. The van der Waals surface area contributed by atoms with Crippen molar-refractivity contribution in [3.05, 3.63) is 28.8 Å². The van der Waals surface area contributed by atoms with E-state index in [-0.39, 0.29) is 11.5 Å². The molecule has 82 valence electrons. The summed E-state index contributed by atoms with van der Waals surface area (Å²) in [4.78, 5) is 0. The monoisotopic (exact) mass is 205 g/mol. The van der Waals surface area contributed by atoms with Gasteiger partial charge in [0.15, 0.2) is 0 Å². The summed E-state index contributed by atoms with van der Waals surface area (Å²) < 4.78 is 0. The van der Waals surface area contributed by atoms with E-state index in [0.29, 0.717) is 11.7 Å². The number of phenols is 1. The van der Waals surface area contributed by atoms with Gasteiger partial charge in [0.1, 0.15) is 5.75 Å². The van der Waals surface area contributed by atoms with Gasteiger partial charge in [-0.25, -0.2) is 0 Å². The summed E-state index contributed by atoms with van der Waals surface area (Å²) in [5.41, 5.74) is 9.41. The average Bonchev–Trinajstić information content (AvgIpc) is 2.61. The molecule has 0 spiro atoms. The first kappa shape index (κ1) is 10.5. The third kappa shape index (κ3) is 1.44. The van der Waals surface area contributed by atoms with Crippen LogP contribution in [-0.4, -0.2) is 11.1 Å². The van der Waals surface area contributed by atoms with Crippen molar-refractivity contribution in [2.75, 3.05) is 0 Å². The lowest BCUT2D eigenvalue weighted by molar-refractivity contribution is 0.466. The predicted molar refractivity (Wildman–Crippen MR) is 62.1 cm³/mol. The van der Waals surface area contributed by atoms with E-state index in [1.54, 1.807) is 0 Å². The van der Waals surface area contributed by atoms with Gasteiger partial charge in [-0.05, 0) is 36.0 Å². The van der Waals surface area contributed by atoms with Crippen LogP contribution in [0.25, 0.3) is 0 Å². The molecule has 1 aliphatic rings. The van der Waals surface area contributed by atoms with E-state index in [2.05, 4.69) is 26.0 Å². The van der Waals surface area contributed by atoms with Gasteiger partial charge >= 0.3 is 0 Å². The first-order valence-electron chi connectivity index (χ1n) is 5.41. The van der Waals surface area contributed by atoms with Crippen LogP contribution in [0.3, 0.4) is 0 Å². The Kier molecular flexibility index (Phi) is 2.09. The van der Waals surface area contributed by atoms with Crippen molar-refractivity contribution in [2.45, 2.75) is 39.7 Å². The second-order valence-electron chi connectivity index (χ2n) is 5.33. The highest BCUT2D eigenvalue weighted by Crippen LogP contribution is 2.57. The first-order chi connectivity index (χ1) is 6.85. The molecule has 2 heteroatoms. The van der Waals surface area contributed by atoms with E-state index >= 15 is 0 Å². The highest BCUT2D eigenvalue weighted by molar-refractivity contribution is 5.46. The number of hydrogen-bond donors (Lipinski definition) is 2. The van der Waals surface area contributed by atoms with Crippen LogP contribution in [0.4, 0.5) is 0 Å². The lowest BCUT2D eigenvalue weighted by Gasteiger charge is -2.08. The molecule has 0 aliphatic heterocycles. The molecule has 3 N–H and O–H groups in total. The summed E-state index contributed by atoms with van der Waals surface area (Å²) in [5.74, 6) is 0.848. The molecule has 2 nitrogen and oxygen atoms in total. The van der Waals surface area contributed by atoms with Crippen LogP contribution in [0.5, 0.6) is 5.75 Å². The van der Waals surface area contributed by atoms with Gasteiger partial charge in [-0.1, -0.05) is 26.0 Å². The Hall–Kier alpha value is -1.02. The Morgan fingerprint density at radius 1 is 1.20 bits per heavy atom. The summed E-state index contributed by atoms with van der Waals surface area (Å²) in [6.07, 6.45) is 0. The Morgan fingerprint density at radius 2 is 1.60 bits per heavy atom. The molecule has 0 radical (unpaired) electrons. The van der Waals surface area contributed by atoms with Gasteiger partial charge in [-0.15, -0.1) is 0 Å². The van der Waals surface area contributed by atoms with Crippen molar-refractivity contribution in [1.82, 2.24) is 0 Å². The van der Waals surface area contributed by atoms with Crippen molar-refractivity contribution in [1.29, 1.82) is 0 Å². The molecule has 0 bridgehead atoms. The standard InChI is InChI=1S/C13H19NO/c1-7-5-9(6-8(2)11(7)15)10-12(14)13(10,3)4/h5-6,10,12,15H,14H2,1-4H3. The van der Waals surface area contributed by atoms with Crippen LogP contribution < -0.4 is 5.73 Å². The smallest absolute Gasteiger partial charge is 0.121 e. The van der Waals surface area contributed by atoms with Gasteiger partial charge in [0.25, 0.3) is 0 Å². The first-order valence-corrected chi connectivity index (χ1v) is 5.41. The summed E-state index contributed by atoms with van der Waals surface area (Å²) in [6.45, 7) is 8.26. The Labute approximate surface area is 91.1 Å². The SMILES string of the molecule is Cc1cc(C2C(N)C2(C)C)cc(C)c1O. The summed E-state index contributed by atoms with van der Waals surface area (Å²) in [6, 6.07) is 4.37. The number of aryl methyl sites for hydroxylation is 2. The van der Waals surface area contributed by atoms with Crippen molar-refractivity contribution in [2.24, 2.45) is 11.1 Å². The number of rotatable bonds is 1. The molecule has 2 rings (SSSR count). The quantitative estimate of drug-likeness (QED) is 0.739. The van der Waals surface area contributed by atoms with E-state index in [1.807, 2.05) is 13.8 Å². The lowest BCUT2D eigenvalue weighted by atomic mass is 9.98. The maximum atomic E-state index is 9.70. The van der Waals surface area contributed by atoms with Crippen LogP contribution >= 0.6 is 0 Å². The van der Waals surface area contributed by atoms with Crippen LogP contribution in [0.1, 0.15) is 36.5 Å². The largest absolute Gasteiger partial charge is 0.507 e. The molecule has 2 unspecified atom stereocenters. The third-order valence-electron chi connectivity index (χ3n) is 3.78. The normalized spacial score (nSPS) is 27.8. The van der Waals surface area contributed by atoms with Gasteiger partial charge < -0.3 is 10.8 Å². The molecule has 0 aromatic heterocycles.